The van der Waals surface area contributed by atoms with E-state index in [1.165, 1.54) is 0 Å². The smallest absolute Gasteiger partial charge is 0.321 e. The lowest BCUT2D eigenvalue weighted by molar-refractivity contribution is 0.0820. The van der Waals surface area contributed by atoms with E-state index in [4.69, 9.17) is 0 Å². The lowest BCUT2D eigenvalue weighted by atomic mass is 9.92. The molecular weight excluding hydrogens is 292 g/mol. The highest BCUT2D eigenvalue weighted by atomic mass is 16.3. The van der Waals surface area contributed by atoms with Crippen molar-refractivity contribution in [1.82, 2.24) is 15.1 Å². The summed E-state index contributed by atoms with van der Waals surface area (Å²) in [5, 5.41) is 19.4. The van der Waals surface area contributed by atoms with Crippen molar-refractivity contribution in [3.63, 3.8) is 0 Å². The highest BCUT2D eigenvalue weighted by Gasteiger charge is 2.25. The fraction of sp³-hybridized carbons (Fsp3) is 0.412. The van der Waals surface area contributed by atoms with Crippen LogP contribution in [-0.4, -0.2) is 45.4 Å². The SMILES string of the molecule is CC(O)C1CCN(C(=O)Nc2ccc(-c3ccn[nH]3)cc2)CC1. The average molecular weight is 314 g/mol. The number of carbonyl (C=O) groups is 1. The molecular formula is C17H22N4O2. The molecule has 1 aliphatic heterocycles. The first-order valence-corrected chi connectivity index (χ1v) is 7.97. The number of benzene rings is 1. The van der Waals surface area contributed by atoms with Crippen LogP contribution in [0.15, 0.2) is 36.5 Å². The Morgan fingerprint density at radius 1 is 1.30 bits per heavy atom. The van der Waals surface area contributed by atoms with E-state index in [0.717, 1.165) is 29.8 Å². The minimum atomic E-state index is -0.296. The van der Waals surface area contributed by atoms with Crippen LogP contribution in [-0.2, 0) is 0 Å². The van der Waals surface area contributed by atoms with Gasteiger partial charge in [0.1, 0.15) is 0 Å². The zero-order valence-corrected chi connectivity index (χ0v) is 13.2. The molecule has 2 heterocycles. The molecule has 1 saturated heterocycles. The number of H-pyrrole nitrogens is 1. The van der Waals surface area contributed by atoms with Crippen LogP contribution in [0.2, 0.25) is 0 Å². The number of aliphatic hydroxyl groups excluding tert-OH is 1. The number of hydrogen-bond donors (Lipinski definition) is 3. The van der Waals surface area contributed by atoms with E-state index in [1.807, 2.05) is 42.2 Å². The molecule has 6 heteroatoms. The van der Waals surface area contributed by atoms with Gasteiger partial charge in [0.2, 0.25) is 0 Å². The summed E-state index contributed by atoms with van der Waals surface area (Å²) in [6.07, 6.45) is 3.12. The van der Waals surface area contributed by atoms with Gasteiger partial charge in [-0.1, -0.05) is 12.1 Å². The number of aromatic nitrogens is 2. The highest BCUT2D eigenvalue weighted by molar-refractivity contribution is 5.89. The van der Waals surface area contributed by atoms with Crippen LogP contribution in [0.5, 0.6) is 0 Å². The van der Waals surface area contributed by atoms with Gasteiger partial charge in [-0.05, 0) is 49.4 Å². The monoisotopic (exact) mass is 314 g/mol. The van der Waals surface area contributed by atoms with Crippen molar-refractivity contribution < 1.29 is 9.90 Å². The summed E-state index contributed by atoms with van der Waals surface area (Å²) in [6.45, 7) is 3.20. The zero-order valence-electron chi connectivity index (χ0n) is 13.2. The average Bonchev–Trinajstić information content (AvgIpc) is 3.10. The number of urea groups is 1. The minimum Gasteiger partial charge on any atom is -0.393 e. The standard InChI is InChI=1S/C17H22N4O2/c1-12(22)13-7-10-21(11-8-13)17(23)19-15-4-2-14(3-5-15)16-6-9-18-20-16/h2-6,9,12-13,22H,7-8,10-11H2,1H3,(H,18,20)(H,19,23). The Morgan fingerprint density at radius 2 is 2.00 bits per heavy atom. The van der Waals surface area contributed by atoms with Crippen molar-refractivity contribution in [3.05, 3.63) is 36.5 Å². The topological polar surface area (TPSA) is 81.2 Å². The van der Waals surface area contributed by atoms with E-state index in [9.17, 15) is 9.90 Å². The van der Waals surface area contributed by atoms with Crippen LogP contribution in [0.1, 0.15) is 19.8 Å². The van der Waals surface area contributed by atoms with Crippen LogP contribution in [0, 0.1) is 5.92 Å². The Labute approximate surface area is 135 Å². The lowest BCUT2D eigenvalue weighted by Gasteiger charge is -2.33. The Hall–Kier alpha value is -2.34. The third-order valence-corrected chi connectivity index (χ3v) is 4.46. The van der Waals surface area contributed by atoms with Gasteiger partial charge in [0.05, 0.1) is 11.8 Å². The number of likely N-dealkylation sites (tertiary alicyclic amines) is 1. The van der Waals surface area contributed by atoms with Gasteiger partial charge in [0.25, 0.3) is 0 Å². The second kappa shape index (κ2) is 6.83. The second-order valence-corrected chi connectivity index (χ2v) is 6.04. The van der Waals surface area contributed by atoms with Crippen molar-refractivity contribution in [3.8, 4) is 11.3 Å². The highest BCUT2D eigenvalue weighted by Crippen LogP contribution is 2.22. The van der Waals surface area contributed by atoms with Gasteiger partial charge in [0, 0.05) is 25.0 Å². The van der Waals surface area contributed by atoms with E-state index in [-0.39, 0.29) is 12.1 Å². The van der Waals surface area contributed by atoms with Gasteiger partial charge in [0.15, 0.2) is 0 Å². The molecule has 6 nitrogen and oxygen atoms in total. The predicted octanol–water partition coefficient (Wildman–Crippen LogP) is 2.70. The van der Waals surface area contributed by atoms with Gasteiger partial charge in [-0.15, -0.1) is 0 Å². The van der Waals surface area contributed by atoms with Crippen molar-refractivity contribution in [1.29, 1.82) is 0 Å². The number of nitrogens with one attached hydrogen (secondary N) is 2. The maximum Gasteiger partial charge on any atom is 0.321 e. The van der Waals surface area contributed by atoms with Gasteiger partial charge in [-0.25, -0.2) is 4.79 Å². The Kier molecular flexibility index (Phi) is 4.62. The molecule has 0 aliphatic carbocycles. The van der Waals surface area contributed by atoms with Gasteiger partial charge < -0.3 is 15.3 Å². The van der Waals surface area contributed by atoms with Crippen LogP contribution >= 0.6 is 0 Å². The number of aliphatic hydroxyl groups is 1. The van der Waals surface area contributed by atoms with Crippen LogP contribution in [0.3, 0.4) is 0 Å². The molecule has 3 rings (SSSR count). The summed E-state index contributed by atoms with van der Waals surface area (Å²) in [4.78, 5) is 14.1. The van der Waals surface area contributed by atoms with E-state index in [1.54, 1.807) is 6.20 Å². The quantitative estimate of drug-likeness (QED) is 0.815. The predicted molar refractivity (Wildman–Crippen MR) is 89.0 cm³/mol. The normalized spacial score (nSPS) is 17.0. The van der Waals surface area contributed by atoms with Gasteiger partial charge in [-0.2, -0.15) is 5.10 Å². The third-order valence-electron chi connectivity index (χ3n) is 4.46. The first-order chi connectivity index (χ1) is 11.1. The van der Waals surface area contributed by atoms with E-state index < -0.39 is 0 Å². The summed E-state index contributed by atoms with van der Waals surface area (Å²) in [5.41, 5.74) is 2.75. The van der Waals surface area contributed by atoms with Crippen molar-refractivity contribution >= 4 is 11.7 Å². The number of hydrogen-bond acceptors (Lipinski definition) is 3. The van der Waals surface area contributed by atoms with Crippen LogP contribution in [0.4, 0.5) is 10.5 Å². The number of aromatic amines is 1. The molecule has 2 aromatic rings. The van der Waals surface area contributed by atoms with Gasteiger partial charge >= 0.3 is 6.03 Å². The molecule has 122 valence electrons. The lowest BCUT2D eigenvalue weighted by Crippen LogP contribution is -2.42. The first-order valence-electron chi connectivity index (χ1n) is 7.97. The van der Waals surface area contributed by atoms with Crippen LogP contribution < -0.4 is 5.32 Å². The Balaban J connectivity index is 1.56. The molecule has 1 unspecified atom stereocenters. The summed E-state index contributed by atoms with van der Waals surface area (Å²) in [7, 11) is 0. The number of nitrogens with zero attached hydrogens (tertiary/aromatic N) is 2. The molecule has 1 aliphatic rings. The fourth-order valence-electron chi connectivity index (χ4n) is 2.94. The fourth-order valence-corrected chi connectivity index (χ4v) is 2.94. The van der Waals surface area contributed by atoms with Crippen LogP contribution in [0.25, 0.3) is 11.3 Å². The van der Waals surface area contributed by atoms with Crippen molar-refractivity contribution in [2.24, 2.45) is 5.92 Å². The number of anilines is 1. The summed E-state index contributed by atoms with van der Waals surface area (Å²) in [5.74, 6) is 0.299. The number of rotatable bonds is 3. The summed E-state index contributed by atoms with van der Waals surface area (Å²) < 4.78 is 0. The molecule has 0 spiro atoms. The van der Waals surface area contributed by atoms with E-state index >= 15 is 0 Å². The molecule has 1 fully saturated rings. The first kappa shape index (κ1) is 15.6. The second-order valence-electron chi connectivity index (χ2n) is 6.04. The van der Waals surface area contributed by atoms with E-state index in [2.05, 4.69) is 15.5 Å². The third kappa shape index (κ3) is 3.71. The molecule has 1 atom stereocenters. The van der Waals surface area contributed by atoms with Crippen molar-refractivity contribution in [2.45, 2.75) is 25.9 Å². The Bertz CT molecular complexity index is 629. The molecule has 2 amide bonds. The molecule has 23 heavy (non-hydrogen) atoms. The Morgan fingerprint density at radius 3 is 2.57 bits per heavy atom. The number of carbonyl (C=O) groups excluding carboxylic acids is 1. The molecule has 0 saturated carbocycles. The number of piperidine rings is 1. The summed E-state index contributed by atoms with van der Waals surface area (Å²) >= 11 is 0. The molecule has 1 aromatic heterocycles. The van der Waals surface area contributed by atoms with Crippen molar-refractivity contribution in [2.75, 3.05) is 18.4 Å². The maximum atomic E-state index is 12.3. The maximum absolute atomic E-state index is 12.3. The molecule has 0 radical (unpaired) electrons. The summed E-state index contributed by atoms with van der Waals surface area (Å²) in [6, 6.07) is 9.49. The van der Waals surface area contributed by atoms with Gasteiger partial charge in [-0.3, -0.25) is 5.10 Å². The molecule has 3 N–H and O–H groups in total. The van der Waals surface area contributed by atoms with E-state index in [0.29, 0.717) is 19.0 Å². The zero-order chi connectivity index (χ0) is 16.2. The number of amides is 2. The molecule has 1 aromatic carbocycles. The largest absolute Gasteiger partial charge is 0.393 e. The molecule has 0 bridgehead atoms. The minimum absolute atomic E-state index is 0.0802.